The molecular formula is C18H26N4OS. The summed E-state index contributed by atoms with van der Waals surface area (Å²) in [4.78, 5) is 23.2. The summed E-state index contributed by atoms with van der Waals surface area (Å²) in [5, 5.41) is 3.02. The fourth-order valence-electron chi connectivity index (χ4n) is 2.32. The second-order valence-corrected chi connectivity index (χ2v) is 7.68. The SMILES string of the molecule is Cc1ccc(CN(C(=O)NCc2ccnc(N(C)C)c2)C(C)C)s1. The van der Waals surface area contributed by atoms with Crippen LogP contribution < -0.4 is 10.2 Å². The van der Waals surface area contributed by atoms with E-state index in [0.717, 1.165) is 11.4 Å². The molecule has 6 heteroatoms. The normalized spacial score (nSPS) is 10.8. The van der Waals surface area contributed by atoms with E-state index in [2.05, 4.69) is 29.4 Å². The number of carbonyl (C=O) groups excluding carboxylic acids is 1. The summed E-state index contributed by atoms with van der Waals surface area (Å²) in [6.07, 6.45) is 1.77. The topological polar surface area (TPSA) is 48.5 Å². The van der Waals surface area contributed by atoms with Crippen molar-refractivity contribution in [3.63, 3.8) is 0 Å². The van der Waals surface area contributed by atoms with Crippen molar-refractivity contribution in [2.75, 3.05) is 19.0 Å². The maximum absolute atomic E-state index is 12.6. The fraction of sp³-hybridized carbons (Fsp3) is 0.444. The van der Waals surface area contributed by atoms with Crippen molar-refractivity contribution in [1.29, 1.82) is 0 Å². The van der Waals surface area contributed by atoms with Crippen LogP contribution in [0.5, 0.6) is 0 Å². The summed E-state index contributed by atoms with van der Waals surface area (Å²) < 4.78 is 0. The van der Waals surface area contributed by atoms with Gasteiger partial charge in [0.15, 0.2) is 0 Å². The second-order valence-electron chi connectivity index (χ2n) is 6.31. The van der Waals surface area contributed by atoms with Crippen LogP contribution in [0.2, 0.25) is 0 Å². The first kappa shape index (κ1) is 18.3. The van der Waals surface area contributed by atoms with Crippen LogP contribution in [-0.4, -0.2) is 36.1 Å². The number of amides is 2. The average molecular weight is 347 g/mol. The van der Waals surface area contributed by atoms with Crippen molar-refractivity contribution in [1.82, 2.24) is 15.2 Å². The number of aromatic nitrogens is 1. The first-order chi connectivity index (χ1) is 11.4. The van der Waals surface area contributed by atoms with Crippen LogP contribution in [-0.2, 0) is 13.1 Å². The van der Waals surface area contributed by atoms with Gasteiger partial charge in [0.2, 0.25) is 0 Å². The molecule has 2 heterocycles. The molecule has 2 rings (SSSR count). The number of thiophene rings is 1. The predicted octanol–water partition coefficient (Wildman–Crippen LogP) is 3.64. The second kappa shape index (κ2) is 8.15. The van der Waals surface area contributed by atoms with Crippen LogP contribution in [0.3, 0.4) is 0 Å². The van der Waals surface area contributed by atoms with E-state index < -0.39 is 0 Å². The third kappa shape index (κ3) is 4.96. The largest absolute Gasteiger partial charge is 0.363 e. The smallest absolute Gasteiger partial charge is 0.318 e. The number of anilines is 1. The molecule has 0 aliphatic carbocycles. The quantitative estimate of drug-likeness (QED) is 0.869. The van der Waals surface area contributed by atoms with Crippen LogP contribution in [0, 0.1) is 6.92 Å². The lowest BCUT2D eigenvalue weighted by Gasteiger charge is -2.26. The summed E-state index contributed by atoms with van der Waals surface area (Å²) in [7, 11) is 3.91. The molecule has 0 aliphatic heterocycles. The van der Waals surface area contributed by atoms with E-state index >= 15 is 0 Å². The van der Waals surface area contributed by atoms with E-state index in [-0.39, 0.29) is 12.1 Å². The molecule has 0 saturated carbocycles. The molecule has 0 radical (unpaired) electrons. The minimum absolute atomic E-state index is 0.0423. The van der Waals surface area contributed by atoms with Crippen LogP contribution in [0.25, 0.3) is 0 Å². The Bertz CT molecular complexity index is 681. The van der Waals surface area contributed by atoms with Gasteiger partial charge in [0.1, 0.15) is 5.82 Å². The molecule has 24 heavy (non-hydrogen) atoms. The molecule has 1 N–H and O–H groups in total. The fourth-order valence-corrected chi connectivity index (χ4v) is 3.21. The van der Waals surface area contributed by atoms with Gasteiger partial charge in [0.05, 0.1) is 6.54 Å². The minimum atomic E-state index is -0.0423. The molecular weight excluding hydrogens is 320 g/mol. The van der Waals surface area contributed by atoms with Gasteiger partial charge >= 0.3 is 6.03 Å². The molecule has 0 fully saturated rings. The first-order valence-electron chi connectivity index (χ1n) is 8.09. The van der Waals surface area contributed by atoms with E-state index in [1.54, 1.807) is 17.5 Å². The van der Waals surface area contributed by atoms with Gasteiger partial charge in [-0.1, -0.05) is 0 Å². The third-order valence-corrected chi connectivity index (χ3v) is 4.70. The Hall–Kier alpha value is -2.08. The molecule has 130 valence electrons. The van der Waals surface area contributed by atoms with Gasteiger partial charge in [-0.2, -0.15) is 0 Å². The molecule has 0 atom stereocenters. The van der Waals surface area contributed by atoms with Crippen LogP contribution in [0.1, 0.15) is 29.2 Å². The number of rotatable bonds is 6. The zero-order valence-corrected chi connectivity index (χ0v) is 15.9. The number of aryl methyl sites for hydroxylation is 1. The Balaban J connectivity index is 1.99. The zero-order valence-electron chi connectivity index (χ0n) is 15.0. The van der Waals surface area contributed by atoms with Crippen molar-refractivity contribution in [2.24, 2.45) is 0 Å². The maximum Gasteiger partial charge on any atom is 0.318 e. The van der Waals surface area contributed by atoms with Gasteiger partial charge in [-0.15, -0.1) is 11.3 Å². The summed E-state index contributed by atoms with van der Waals surface area (Å²) in [5.41, 5.74) is 1.04. The highest BCUT2D eigenvalue weighted by atomic mass is 32.1. The first-order valence-corrected chi connectivity index (χ1v) is 8.90. The van der Waals surface area contributed by atoms with Crippen LogP contribution >= 0.6 is 11.3 Å². The van der Waals surface area contributed by atoms with Gasteiger partial charge in [0.25, 0.3) is 0 Å². The lowest BCUT2D eigenvalue weighted by Crippen LogP contribution is -2.43. The molecule has 0 unspecified atom stereocenters. The lowest BCUT2D eigenvalue weighted by atomic mass is 10.2. The standard InChI is InChI=1S/C18H26N4OS/c1-13(2)22(12-16-7-6-14(3)24-16)18(23)20-11-15-8-9-19-17(10-15)21(4)5/h6-10,13H,11-12H2,1-5H3,(H,20,23). The molecule has 2 aromatic rings. The van der Waals surface area contributed by atoms with Gasteiger partial charge in [-0.25, -0.2) is 9.78 Å². The summed E-state index contributed by atoms with van der Waals surface area (Å²) >= 11 is 1.74. The Morgan fingerprint density at radius 1 is 1.29 bits per heavy atom. The Kier molecular flexibility index (Phi) is 6.20. The maximum atomic E-state index is 12.6. The average Bonchev–Trinajstić information content (AvgIpc) is 2.95. The van der Waals surface area contributed by atoms with Gasteiger partial charge in [0, 0.05) is 42.6 Å². The number of nitrogens with one attached hydrogen (secondary N) is 1. The highest BCUT2D eigenvalue weighted by molar-refractivity contribution is 7.11. The molecule has 5 nitrogen and oxygen atoms in total. The summed E-state index contributed by atoms with van der Waals surface area (Å²) in [6, 6.07) is 8.20. The Morgan fingerprint density at radius 2 is 2.04 bits per heavy atom. The minimum Gasteiger partial charge on any atom is -0.363 e. The highest BCUT2D eigenvalue weighted by Gasteiger charge is 2.17. The number of urea groups is 1. The zero-order chi connectivity index (χ0) is 17.7. The van der Waals surface area contributed by atoms with Crippen LogP contribution in [0.4, 0.5) is 10.6 Å². The van der Waals surface area contributed by atoms with Crippen molar-refractivity contribution < 1.29 is 4.79 Å². The lowest BCUT2D eigenvalue weighted by molar-refractivity contribution is 0.180. The van der Waals surface area contributed by atoms with Crippen molar-refractivity contribution in [3.8, 4) is 0 Å². The molecule has 0 bridgehead atoms. The van der Waals surface area contributed by atoms with E-state index in [1.807, 2.05) is 49.9 Å². The number of nitrogens with zero attached hydrogens (tertiary/aromatic N) is 3. The van der Waals surface area contributed by atoms with Gasteiger partial charge in [-0.3, -0.25) is 0 Å². The van der Waals surface area contributed by atoms with Gasteiger partial charge in [-0.05, 0) is 50.6 Å². The predicted molar refractivity (Wildman–Crippen MR) is 101 cm³/mol. The molecule has 2 aromatic heterocycles. The molecule has 0 aromatic carbocycles. The molecule has 2 amide bonds. The highest BCUT2D eigenvalue weighted by Crippen LogP contribution is 2.18. The number of carbonyl (C=O) groups is 1. The van der Waals surface area contributed by atoms with Crippen molar-refractivity contribution in [2.45, 2.75) is 39.9 Å². The Morgan fingerprint density at radius 3 is 2.62 bits per heavy atom. The third-order valence-electron chi connectivity index (χ3n) is 3.72. The summed E-state index contributed by atoms with van der Waals surface area (Å²) in [6.45, 7) is 7.29. The molecule has 0 aliphatic rings. The monoisotopic (exact) mass is 346 g/mol. The molecule has 0 saturated heterocycles. The number of hydrogen-bond donors (Lipinski definition) is 1. The van der Waals surface area contributed by atoms with E-state index in [1.165, 1.54) is 9.75 Å². The van der Waals surface area contributed by atoms with Gasteiger partial charge < -0.3 is 15.1 Å². The Labute approximate surface area is 148 Å². The van der Waals surface area contributed by atoms with E-state index in [0.29, 0.717) is 13.1 Å². The van der Waals surface area contributed by atoms with E-state index in [4.69, 9.17) is 0 Å². The van der Waals surface area contributed by atoms with E-state index in [9.17, 15) is 4.79 Å². The van der Waals surface area contributed by atoms with Crippen molar-refractivity contribution >= 4 is 23.2 Å². The van der Waals surface area contributed by atoms with Crippen molar-refractivity contribution in [3.05, 3.63) is 45.8 Å². The molecule has 0 spiro atoms. The summed E-state index contributed by atoms with van der Waals surface area (Å²) in [5.74, 6) is 0.886. The van der Waals surface area contributed by atoms with Crippen LogP contribution in [0.15, 0.2) is 30.5 Å². The number of pyridine rings is 1. The number of hydrogen-bond acceptors (Lipinski definition) is 4.